The molecule has 0 aliphatic rings. The number of hydrogen-bond acceptors (Lipinski definition) is 4. The number of benzene rings is 2. The van der Waals surface area contributed by atoms with Crippen LogP contribution in [0.25, 0.3) is 0 Å². The lowest BCUT2D eigenvalue weighted by molar-refractivity contribution is -0.385. The van der Waals surface area contributed by atoms with E-state index in [0.717, 1.165) is 5.56 Å². The number of nitrogens with zero attached hydrogens (tertiary/aromatic N) is 1. The SMILES string of the molecule is Cc1ccccc1Oc1ccc([N+](=O)[O-])c(CO)c1. The second-order valence-corrected chi connectivity index (χ2v) is 4.07. The molecule has 2 aromatic carbocycles. The van der Waals surface area contributed by atoms with E-state index in [1.807, 2.05) is 31.2 Å². The van der Waals surface area contributed by atoms with Crippen LogP contribution in [-0.2, 0) is 6.61 Å². The van der Waals surface area contributed by atoms with Gasteiger partial charge in [0.05, 0.1) is 17.1 Å². The Morgan fingerprint density at radius 2 is 2.00 bits per heavy atom. The van der Waals surface area contributed by atoms with E-state index < -0.39 is 11.5 Å². The minimum atomic E-state index is -0.525. The van der Waals surface area contributed by atoms with Gasteiger partial charge < -0.3 is 9.84 Å². The second-order valence-electron chi connectivity index (χ2n) is 4.07. The Labute approximate surface area is 110 Å². The predicted molar refractivity (Wildman–Crippen MR) is 70.3 cm³/mol. The second kappa shape index (κ2) is 5.49. The molecular formula is C14H13NO4. The molecule has 5 heteroatoms. The Morgan fingerprint density at radius 1 is 1.26 bits per heavy atom. The highest BCUT2D eigenvalue weighted by atomic mass is 16.6. The van der Waals surface area contributed by atoms with E-state index in [9.17, 15) is 10.1 Å². The van der Waals surface area contributed by atoms with Crippen molar-refractivity contribution >= 4 is 5.69 Å². The normalized spacial score (nSPS) is 10.2. The summed E-state index contributed by atoms with van der Waals surface area (Å²) in [5, 5.41) is 19.9. The average Bonchev–Trinajstić information content (AvgIpc) is 2.41. The topological polar surface area (TPSA) is 72.6 Å². The van der Waals surface area contributed by atoms with Gasteiger partial charge in [0.2, 0.25) is 0 Å². The van der Waals surface area contributed by atoms with Crippen molar-refractivity contribution in [3.63, 3.8) is 0 Å². The van der Waals surface area contributed by atoms with Crippen molar-refractivity contribution in [2.75, 3.05) is 0 Å². The van der Waals surface area contributed by atoms with Gasteiger partial charge >= 0.3 is 0 Å². The van der Waals surface area contributed by atoms with E-state index in [2.05, 4.69) is 0 Å². The van der Waals surface area contributed by atoms with E-state index >= 15 is 0 Å². The summed E-state index contributed by atoms with van der Waals surface area (Å²) < 4.78 is 5.65. The van der Waals surface area contributed by atoms with Crippen molar-refractivity contribution in [3.05, 3.63) is 63.7 Å². The smallest absolute Gasteiger partial charge is 0.275 e. The first-order valence-electron chi connectivity index (χ1n) is 5.73. The first kappa shape index (κ1) is 13.0. The molecular weight excluding hydrogens is 246 g/mol. The highest BCUT2D eigenvalue weighted by molar-refractivity contribution is 5.46. The van der Waals surface area contributed by atoms with Gasteiger partial charge in [-0.05, 0) is 30.7 Å². The fraction of sp³-hybridized carbons (Fsp3) is 0.143. The third-order valence-electron chi connectivity index (χ3n) is 2.74. The van der Waals surface area contributed by atoms with Gasteiger partial charge in [-0.25, -0.2) is 0 Å². The number of nitro groups is 1. The van der Waals surface area contributed by atoms with Crippen molar-refractivity contribution in [3.8, 4) is 11.5 Å². The van der Waals surface area contributed by atoms with Gasteiger partial charge in [-0.2, -0.15) is 0 Å². The van der Waals surface area contributed by atoms with Crippen LogP contribution in [0.4, 0.5) is 5.69 Å². The number of nitro benzene ring substituents is 1. The molecule has 0 spiro atoms. The molecule has 0 atom stereocenters. The van der Waals surface area contributed by atoms with Crippen LogP contribution >= 0.6 is 0 Å². The summed E-state index contributed by atoms with van der Waals surface area (Å²) in [5.41, 5.74) is 1.09. The third-order valence-corrected chi connectivity index (χ3v) is 2.74. The Balaban J connectivity index is 2.32. The Morgan fingerprint density at radius 3 is 2.63 bits per heavy atom. The van der Waals surface area contributed by atoms with Crippen LogP contribution in [0.3, 0.4) is 0 Å². The van der Waals surface area contributed by atoms with Gasteiger partial charge in [-0.15, -0.1) is 0 Å². The average molecular weight is 259 g/mol. The van der Waals surface area contributed by atoms with Crippen LogP contribution in [0.15, 0.2) is 42.5 Å². The van der Waals surface area contributed by atoms with Crippen LogP contribution in [0.2, 0.25) is 0 Å². The maximum atomic E-state index is 10.8. The summed E-state index contributed by atoms with van der Waals surface area (Å²) in [6, 6.07) is 11.8. The molecule has 19 heavy (non-hydrogen) atoms. The molecule has 5 nitrogen and oxygen atoms in total. The van der Waals surface area contributed by atoms with Gasteiger partial charge in [-0.1, -0.05) is 18.2 Å². The molecule has 0 heterocycles. The zero-order valence-corrected chi connectivity index (χ0v) is 10.4. The summed E-state index contributed by atoms with van der Waals surface area (Å²) in [5.74, 6) is 1.14. The Hall–Kier alpha value is -2.40. The monoisotopic (exact) mass is 259 g/mol. The number of hydrogen-bond donors (Lipinski definition) is 1. The van der Waals surface area contributed by atoms with E-state index in [1.54, 1.807) is 0 Å². The Bertz CT molecular complexity index is 610. The summed E-state index contributed by atoms with van der Waals surface area (Å²) in [6.45, 7) is 1.51. The van der Waals surface area contributed by atoms with Crippen molar-refractivity contribution in [1.29, 1.82) is 0 Å². The molecule has 1 N–H and O–H groups in total. The van der Waals surface area contributed by atoms with E-state index in [4.69, 9.17) is 9.84 Å². The van der Waals surface area contributed by atoms with E-state index in [0.29, 0.717) is 11.5 Å². The van der Waals surface area contributed by atoms with Crippen LogP contribution < -0.4 is 4.74 Å². The molecule has 98 valence electrons. The zero-order chi connectivity index (χ0) is 13.8. The molecule has 2 rings (SSSR count). The number of para-hydroxylation sites is 1. The summed E-state index contributed by atoms with van der Waals surface area (Å²) in [7, 11) is 0. The van der Waals surface area contributed by atoms with Gasteiger partial charge in [-0.3, -0.25) is 10.1 Å². The summed E-state index contributed by atoms with van der Waals surface area (Å²) in [4.78, 5) is 10.2. The first-order valence-corrected chi connectivity index (χ1v) is 5.73. The van der Waals surface area contributed by atoms with Crippen molar-refractivity contribution in [2.24, 2.45) is 0 Å². The number of ether oxygens (including phenoxy) is 1. The fourth-order valence-electron chi connectivity index (χ4n) is 1.73. The molecule has 2 aromatic rings. The van der Waals surface area contributed by atoms with Crippen LogP contribution in [-0.4, -0.2) is 10.0 Å². The van der Waals surface area contributed by atoms with Crippen molar-refractivity contribution in [2.45, 2.75) is 13.5 Å². The molecule has 0 aromatic heterocycles. The van der Waals surface area contributed by atoms with Crippen LogP contribution in [0.1, 0.15) is 11.1 Å². The molecule has 0 radical (unpaired) electrons. The minimum absolute atomic E-state index is 0.111. The van der Waals surface area contributed by atoms with Crippen molar-refractivity contribution < 1.29 is 14.8 Å². The highest BCUT2D eigenvalue weighted by Gasteiger charge is 2.14. The number of aryl methyl sites for hydroxylation is 1. The maximum Gasteiger partial charge on any atom is 0.275 e. The van der Waals surface area contributed by atoms with Crippen LogP contribution in [0, 0.1) is 17.0 Å². The minimum Gasteiger partial charge on any atom is -0.457 e. The lowest BCUT2D eigenvalue weighted by atomic mass is 10.2. The number of aliphatic hydroxyl groups is 1. The third kappa shape index (κ3) is 2.89. The standard InChI is InChI=1S/C14H13NO4/c1-10-4-2-3-5-14(10)19-12-6-7-13(15(17)18)11(8-12)9-16/h2-8,16H,9H2,1H3. The van der Waals surface area contributed by atoms with Gasteiger partial charge in [0, 0.05) is 6.07 Å². The number of aliphatic hydroxyl groups excluding tert-OH is 1. The quantitative estimate of drug-likeness (QED) is 0.676. The highest BCUT2D eigenvalue weighted by Crippen LogP contribution is 2.29. The maximum absolute atomic E-state index is 10.8. The van der Waals surface area contributed by atoms with Crippen molar-refractivity contribution in [1.82, 2.24) is 0 Å². The van der Waals surface area contributed by atoms with Gasteiger partial charge in [0.15, 0.2) is 0 Å². The fourth-order valence-corrected chi connectivity index (χ4v) is 1.73. The summed E-state index contributed by atoms with van der Waals surface area (Å²) >= 11 is 0. The molecule has 0 fully saturated rings. The van der Waals surface area contributed by atoms with Gasteiger partial charge in [0.25, 0.3) is 5.69 Å². The first-order chi connectivity index (χ1) is 9.11. The largest absolute Gasteiger partial charge is 0.457 e. The molecule has 0 aliphatic heterocycles. The van der Waals surface area contributed by atoms with Crippen LogP contribution in [0.5, 0.6) is 11.5 Å². The van der Waals surface area contributed by atoms with E-state index in [1.165, 1.54) is 18.2 Å². The lowest BCUT2D eigenvalue weighted by Crippen LogP contribution is -1.96. The lowest BCUT2D eigenvalue weighted by Gasteiger charge is -2.09. The van der Waals surface area contributed by atoms with Gasteiger partial charge in [0.1, 0.15) is 11.5 Å². The number of rotatable bonds is 4. The molecule has 0 saturated heterocycles. The zero-order valence-electron chi connectivity index (χ0n) is 10.4. The summed E-state index contributed by atoms with van der Waals surface area (Å²) in [6.07, 6.45) is 0. The van der Waals surface area contributed by atoms with E-state index in [-0.39, 0.29) is 11.3 Å². The molecule has 0 saturated carbocycles. The molecule has 0 bridgehead atoms. The molecule has 0 unspecified atom stereocenters. The molecule has 0 aliphatic carbocycles. The Kier molecular flexibility index (Phi) is 3.77. The molecule has 0 amide bonds. The predicted octanol–water partition coefficient (Wildman–Crippen LogP) is 3.19.